The van der Waals surface area contributed by atoms with Crippen molar-refractivity contribution in [1.82, 2.24) is 14.4 Å². The van der Waals surface area contributed by atoms with Gasteiger partial charge in [0.2, 0.25) is 0 Å². The van der Waals surface area contributed by atoms with Gasteiger partial charge >= 0.3 is 0 Å². The molecular formula is C34H19N3S. The second-order valence-electron chi connectivity index (χ2n) is 9.83. The SMILES string of the molecule is c1ccc(-c2nc(-c3cc4c5ccccc5n5c6ccccc6c(c3)c45)nc3c2sc2ccccc23)cc1. The number of nitrogens with zero attached hydrogens (tertiary/aromatic N) is 3. The van der Waals surface area contributed by atoms with Gasteiger partial charge < -0.3 is 4.40 Å². The smallest absolute Gasteiger partial charge is 0.160 e. The highest BCUT2D eigenvalue weighted by atomic mass is 32.1. The minimum Gasteiger partial charge on any atom is -0.308 e. The molecule has 0 amide bonds. The van der Waals surface area contributed by atoms with Crippen molar-refractivity contribution in [3.8, 4) is 22.6 Å². The second kappa shape index (κ2) is 7.37. The summed E-state index contributed by atoms with van der Waals surface area (Å²) in [5, 5.41) is 6.17. The monoisotopic (exact) mass is 501 g/mol. The Labute approximate surface area is 221 Å². The van der Waals surface area contributed by atoms with E-state index in [9.17, 15) is 0 Å². The van der Waals surface area contributed by atoms with E-state index in [0.29, 0.717) is 0 Å². The summed E-state index contributed by atoms with van der Waals surface area (Å²) >= 11 is 1.77. The van der Waals surface area contributed by atoms with Gasteiger partial charge in [-0.25, -0.2) is 9.97 Å². The van der Waals surface area contributed by atoms with E-state index in [2.05, 4.69) is 120 Å². The second-order valence-corrected chi connectivity index (χ2v) is 10.9. The molecule has 0 bridgehead atoms. The van der Waals surface area contributed by atoms with Crippen LogP contribution in [0, 0.1) is 0 Å². The molecule has 4 aromatic heterocycles. The fourth-order valence-corrected chi connectivity index (χ4v) is 7.24. The number of hydrogen-bond donors (Lipinski definition) is 0. The van der Waals surface area contributed by atoms with Gasteiger partial charge in [-0.1, -0.05) is 84.9 Å². The number of thiophene rings is 1. The third-order valence-corrected chi connectivity index (χ3v) is 8.90. The zero-order valence-electron chi connectivity index (χ0n) is 20.2. The highest BCUT2D eigenvalue weighted by Crippen LogP contribution is 2.43. The molecule has 0 radical (unpaired) electrons. The molecule has 9 aromatic rings. The Morgan fingerprint density at radius 3 is 1.84 bits per heavy atom. The Morgan fingerprint density at radius 1 is 0.526 bits per heavy atom. The largest absolute Gasteiger partial charge is 0.308 e. The van der Waals surface area contributed by atoms with Crippen LogP contribution in [0.1, 0.15) is 0 Å². The number of rotatable bonds is 2. The highest BCUT2D eigenvalue weighted by Gasteiger charge is 2.21. The Kier molecular flexibility index (Phi) is 3.93. The summed E-state index contributed by atoms with van der Waals surface area (Å²) in [5.41, 5.74) is 7.90. The third-order valence-electron chi connectivity index (χ3n) is 7.73. The fourth-order valence-electron chi connectivity index (χ4n) is 6.09. The molecule has 0 unspecified atom stereocenters. The van der Waals surface area contributed by atoms with Crippen LogP contribution in [0.15, 0.2) is 115 Å². The number of para-hydroxylation sites is 2. The average molecular weight is 502 g/mol. The molecule has 0 aliphatic rings. The van der Waals surface area contributed by atoms with E-state index < -0.39 is 0 Å². The first kappa shape index (κ1) is 20.3. The number of aromatic nitrogens is 3. The number of fused-ring (bicyclic) bond motifs is 9. The van der Waals surface area contributed by atoms with E-state index in [4.69, 9.17) is 9.97 Å². The maximum atomic E-state index is 5.25. The molecule has 0 fully saturated rings. The van der Waals surface area contributed by atoms with Crippen molar-refractivity contribution in [3.05, 3.63) is 115 Å². The summed E-state index contributed by atoms with van der Waals surface area (Å²) in [6.07, 6.45) is 0. The quantitative estimate of drug-likeness (QED) is 0.236. The summed E-state index contributed by atoms with van der Waals surface area (Å²) in [5.74, 6) is 0.763. The van der Waals surface area contributed by atoms with Crippen LogP contribution >= 0.6 is 11.3 Å². The summed E-state index contributed by atoms with van der Waals surface area (Å²) in [7, 11) is 0. The minimum absolute atomic E-state index is 0.763. The van der Waals surface area contributed by atoms with E-state index >= 15 is 0 Å². The lowest BCUT2D eigenvalue weighted by Gasteiger charge is -2.08. The summed E-state index contributed by atoms with van der Waals surface area (Å²) in [6, 6.07) is 41.0. The number of benzene rings is 5. The molecule has 0 N–H and O–H groups in total. The summed E-state index contributed by atoms with van der Waals surface area (Å²) in [6.45, 7) is 0. The predicted molar refractivity (Wildman–Crippen MR) is 160 cm³/mol. The molecule has 0 saturated heterocycles. The predicted octanol–water partition coefficient (Wildman–Crippen LogP) is 9.33. The highest BCUT2D eigenvalue weighted by molar-refractivity contribution is 7.26. The van der Waals surface area contributed by atoms with E-state index in [1.807, 2.05) is 0 Å². The minimum atomic E-state index is 0.763. The van der Waals surface area contributed by atoms with Gasteiger partial charge in [-0.05, 0) is 30.3 Å². The molecule has 0 saturated carbocycles. The maximum absolute atomic E-state index is 5.25. The normalized spacial score (nSPS) is 12.2. The summed E-state index contributed by atoms with van der Waals surface area (Å²) in [4.78, 5) is 10.5. The van der Waals surface area contributed by atoms with Gasteiger partial charge in [-0.3, -0.25) is 0 Å². The zero-order chi connectivity index (χ0) is 24.8. The van der Waals surface area contributed by atoms with Crippen molar-refractivity contribution >= 4 is 69.7 Å². The molecule has 4 heteroatoms. The lowest BCUT2D eigenvalue weighted by Crippen LogP contribution is -1.93. The van der Waals surface area contributed by atoms with E-state index in [1.54, 1.807) is 11.3 Å². The molecule has 176 valence electrons. The topological polar surface area (TPSA) is 30.2 Å². The Bertz CT molecular complexity index is 2260. The van der Waals surface area contributed by atoms with E-state index in [-0.39, 0.29) is 0 Å². The Balaban J connectivity index is 1.44. The standard InChI is InChI=1S/C34H19N3S/c1-2-10-20(11-3-1)30-33-31(24-14-6-9-17-29(24)38-33)36-34(35-30)21-18-25-22-12-4-7-15-27(22)37-28-16-8-5-13-23(28)26(19-21)32(25)37/h1-19H. The summed E-state index contributed by atoms with van der Waals surface area (Å²) < 4.78 is 4.77. The van der Waals surface area contributed by atoms with Crippen molar-refractivity contribution < 1.29 is 0 Å². The van der Waals surface area contributed by atoms with Crippen LogP contribution in [0.4, 0.5) is 0 Å². The Morgan fingerprint density at radius 2 is 1.13 bits per heavy atom. The van der Waals surface area contributed by atoms with Gasteiger partial charge in [0.15, 0.2) is 5.82 Å². The fraction of sp³-hybridized carbons (Fsp3) is 0. The zero-order valence-corrected chi connectivity index (χ0v) is 21.0. The van der Waals surface area contributed by atoms with E-state index in [1.165, 1.54) is 48.2 Å². The van der Waals surface area contributed by atoms with Crippen molar-refractivity contribution in [2.24, 2.45) is 0 Å². The first-order valence-electron chi connectivity index (χ1n) is 12.8. The molecule has 0 spiro atoms. The maximum Gasteiger partial charge on any atom is 0.160 e. The van der Waals surface area contributed by atoms with Gasteiger partial charge in [0.1, 0.15) is 0 Å². The molecule has 0 aliphatic carbocycles. The van der Waals surface area contributed by atoms with Gasteiger partial charge in [-0.2, -0.15) is 0 Å². The van der Waals surface area contributed by atoms with Crippen molar-refractivity contribution in [2.75, 3.05) is 0 Å². The van der Waals surface area contributed by atoms with Crippen LogP contribution in [-0.2, 0) is 0 Å². The lowest BCUT2D eigenvalue weighted by atomic mass is 10.0. The van der Waals surface area contributed by atoms with Crippen LogP contribution in [-0.4, -0.2) is 14.4 Å². The first-order chi connectivity index (χ1) is 18.8. The first-order valence-corrected chi connectivity index (χ1v) is 13.6. The lowest BCUT2D eigenvalue weighted by molar-refractivity contribution is 1.24. The third kappa shape index (κ3) is 2.62. The molecule has 38 heavy (non-hydrogen) atoms. The van der Waals surface area contributed by atoms with Crippen LogP contribution in [0.2, 0.25) is 0 Å². The van der Waals surface area contributed by atoms with Crippen molar-refractivity contribution in [2.45, 2.75) is 0 Å². The molecule has 0 atom stereocenters. The van der Waals surface area contributed by atoms with Crippen LogP contribution in [0.25, 0.3) is 81.0 Å². The number of hydrogen-bond acceptors (Lipinski definition) is 3. The Hall–Kier alpha value is -4.80. The van der Waals surface area contributed by atoms with Crippen molar-refractivity contribution in [1.29, 1.82) is 0 Å². The molecule has 9 rings (SSSR count). The van der Waals surface area contributed by atoms with Crippen LogP contribution in [0.3, 0.4) is 0 Å². The molecular weight excluding hydrogens is 482 g/mol. The van der Waals surface area contributed by atoms with Crippen molar-refractivity contribution in [3.63, 3.8) is 0 Å². The van der Waals surface area contributed by atoms with Gasteiger partial charge in [0.25, 0.3) is 0 Å². The van der Waals surface area contributed by atoms with Gasteiger partial charge in [-0.15, -0.1) is 11.3 Å². The molecule has 0 aliphatic heterocycles. The van der Waals surface area contributed by atoms with Gasteiger partial charge in [0.05, 0.1) is 32.5 Å². The van der Waals surface area contributed by atoms with Gasteiger partial charge in [0, 0.05) is 42.8 Å². The molecule has 4 heterocycles. The van der Waals surface area contributed by atoms with E-state index in [0.717, 1.165) is 32.9 Å². The van der Waals surface area contributed by atoms with Crippen LogP contribution in [0.5, 0.6) is 0 Å². The molecule has 5 aromatic carbocycles. The molecule has 3 nitrogen and oxygen atoms in total. The van der Waals surface area contributed by atoms with Crippen LogP contribution < -0.4 is 0 Å². The average Bonchev–Trinajstić information content (AvgIpc) is 3.64.